The fraction of sp³-hybridized carbons (Fsp3) is 0.455. The highest BCUT2D eigenvalue weighted by atomic mass is 19.4. The van der Waals surface area contributed by atoms with Crippen LogP contribution in [0.15, 0.2) is 24.3 Å². The molecule has 0 fully saturated rings. The van der Waals surface area contributed by atoms with E-state index in [9.17, 15) is 13.2 Å². The van der Waals surface area contributed by atoms with E-state index < -0.39 is 12.7 Å². The van der Waals surface area contributed by atoms with Crippen molar-refractivity contribution in [3.05, 3.63) is 35.4 Å². The Labute approximate surface area is 91.4 Å². The Morgan fingerprint density at radius 2 is 2.06 bits per heavy atom. The molecule has 5 heteroatoms. The summed E-state index contributed by atoms with van der Waals surface area (Å²) in [6.45, 7) is -0.233. The van der Waals surface area contributed by atoms with Crippen molar-refractivity contribution in [2.45, 2.75) is 18.8 Å². The number of hydrogen-bond donors (Lipinski definition) is 1. The monoisotopic (exact) mass is 231 g/mol. The molecule has 88 valence electrons. The van der Waals surface area contributed by atoms with Gasteiger partial charge in [0.1, 0.15) is 0 Å². The van der Waals surface area contributed by atoms with Crippen molar-refractivity contribution < 1.29 is 17.9 Å². The van der Waals surface area contributed by atoms with Crippen LogP contribution in [-0.4, -0.2) is 19.3 Å². The molecule has 0 bridgehead atoms. The maximum Gasteiger partial charge on any atom is 0.401 e. The van der Waals surface area contributed by atoms with Gasteiger partial charge in [0.05, 0.1) is 25.8 Å². The van der Waals surface area contributed by atoms with E-state index in [0.717, 1.165) is 11.1 Å². The van der Waals surface area contributed by atoms with Crippen LogP contribution in [0.4, 0.5) is 13.2 Å². The second kappa shape index (κ2) is 4.43. The van der Waals surface area contributed by atoms with Gasteiger partial charge in [0.15, 0.2) is 0 Å². The minimum absolute atomic E-state index is 0.285. The summed E-state index contributed by atoms with van der Waals surface area (Å²) in [5.74, 6) is 0. The normalized spacial score (nSPS) is 20.6. The zero-order valence-corrected chi connectivity index (χ0v) is 8.55. The smallest absolute Gasteiger partial charge is 0.375 e. The number of halogens is 3. The molecule has 16 heavy (non-hydrogen) atoms. The molecule has 2 nitrogen and oxygen atoms in total. The fourth-order valence-corrected chi connectivity index (χ4v) is 1.79. The van der Waals surface area contributed by atoms with Gasteiger partial charge < -0.3 is 4.74 Å². The average molecular weight is 231 g/mol. The van der Waals surface area contributed by atoms with Crippen LogP contribution in [0.3, 0.4) is 0 Å². The fourth-order valence-electron chi connectivity index (χ4n) is 1.79. The first-order valence-electron chi connectivity index (χ1n) is 5.02. The highest BCUT2D eigenvalue weighted by molar-refractivity contribution is 5.31. The summed E-state index contributed by atoms with van der Waals surface area (Å²) in [6.07, 6.45) is -4.19. The van der Waals surface area contributed by atoms with Crippen LogP contribution in [0.2, 0.25) is 0 Å². The lowest BCUT2D eigenvalue weighted by molar-refractivity contribution is -0.127. The molecule has 0 aromatic heterocycles. The van der Waals surface area contributed by atoms with Gasteiger partial charge in [-0.05, 0) is 11.1 Å². The Hall–Kier alpha value is -1.07. The molecule has 0 aliphatic carbocycles. The van der Waals surface area contributed by atoms with Crippen LogP contribution in [0, 0.1) is 0 Å². The van der Waals surface area contributed by atoms with Crippen molar-refractivity contribution in [1.29, 1.82) is 0 Å². The quantitative estimate of drug-likeness (QED) is 0.843. The van der Waals surface area contributed by atoms with Gasteiger partial charge in [0, 0.05) is 0 Å². The number of rotatable bonds is 2. The Bertz CT molecular complexity index is 364. The molecular weight excluding hydrogens is 219 g/mol. The third-order valence-corrected chi connectivity index (χ3v) is 2.52. The molecule has 1 unspecified atom stereocenters. The molecule has 1 aliphatic heterocycles. The molecule has 1 heterocycles. The number of benzene rings is 1. The van der Waals surface area contributed by atoms with Gasteiger partial charge in [-0.25, -0.2) is 0 Å². The molecule has 0 radical (unpaired) electrons. The van der Waals surface area contributed by atoms with Crippen molar-refractivity contribution in [3.8, 4) is 0 Å². The van der Waals surface area contributed by atoms with Crippen LogP contribution in [0.1, 0.15) is 17.2 Å². The third kappa shape index (κ3) is 2.74. The summed E-state index contributed by atoms with van der Waals surface area (Å²) >= 11 is 0. The Kier molecular flexibility index (Phi) is 3.16. The van der Waals surface area contributed by atoms with Gasteiger partial charge in [-0.1, -0.05) is 24.3 Å². The summed E-state index contributed by atoms with van der Waals surface area (Å²) in [7, 11) is 0. The predicted molar refractivity (Wildman–Crippen MR) is 52.9 cm³/mol. The first kappa shape index (κ1) is 11.4. The lowest BCUT2D eigenvalue weighted by Gasteiger charge is -2.27. The number of hydrogen-bond acceptors (Lipinski definition) is 2. The van der Waals surface area contributed by atoms with E-state index in [1.807, 2.05) is 24.3 Å². The molecule has 2 rings (SSSR count). The van der Waals surface area contributed by atoms with E-state index in [0.29, 0.717) is 6.61 Å². The van der Waals surface area contributed by atoms with Gasteiger partial charge in [0.2, 0.25) is 0 Å². The molecule has 1 aromatic carbocycles. The molecule has 0 amide bonds. The summed E-state index contributed by atoms with van der Waals surface area (Å²) in [6, 6.07) is 7.02. The molecule has 1 atom stereocenters. The van der Waals surface area contributed by atoms with Crippen LogP contribution in [0.25, 0.3) is 0 Å². The number of alkyl halides is 3. The van der Waals surface area contributed by atoms with E-state index >= 15 is 0 Å². The standard InChI is InChI=1S/C11H12F3NO/c12-11(13,14)7-15-10-6-16-5-8-3-1-2-4-9(8)10/h1-4,10,15H,5-7H2. The number of ether oxygens (including phenoxy) is 1. The van der Waals surface area contributed by atoms with Gasteiger partial charge in [-0.2, -0.15) is 13.2 Å². The minimum Gasteiger partial charge on any atom is -0.375 e. The maximum absolute atomic E-state index is 12.1. The third-order valence-electron chi connectivity index (χ3n) is 2.52. The second-order valence-electron chi connectivity index (χ2n) is 3.76. The van der Waals surface area contributed by atoms with Crippen LogP contribution in [0.5, 0.6) is 0 Å². The first-order chi connectivity index (χ1) is 7.56. The number of nitrogens with one attached hydrogen (secondary N) is 1. The van der Waals surface area contributed by atoms with Gasteiger partial charge >= 0.3 is 6.18 Å². The molecule has 1 aliphatic rings. The Morgan fingerprint density at radius 3 is 2.81 bits per heavy atom. The lowest BCUT2D eigenvalue weighted by atomic mass is 9.99. The molecule has 0 saturated heterocycles. The van der Waals surface area contributed by atoms with Gasteiger partial charge in [0.25, 0.3) is 0 Å². The summed E-state index contributed by atoms with van der Waals surface area (Å²) < 4.78 is 41.5. The highest BCUT2D eigenvalue weighted by Crippen LogP contribution is 2.25. The summed E-state index contributed by atoms with van der Waals surface area (Å²) in [5.41, 5.74) is 1.85. The van der Waals surface area contributed by atoms with Crippen LogP contribution < -0.4 is 5.32 Å². The largest absolute Gasteiger partial charge is 0.401 e. The Balaban J connectivity index is 2.07. The summed E-state index contributed by atoms with van der Waals surface area (Å²) in [5, 5.41) is 2.47. The van der Waals surface area contributed by atoms with Crippen molar-refractivity contribution in [1.82, 2.24) is 5.32 Å². The van der Waals surface area contributed by atoms with Gasteiger partial charge in [-0.15, -0.1) is 0 Å². The minimum atomic E-state index is -4.19. The second-order valence-corrected chi connectivity index (χ2v) is 3.76. The van der Waals surface area contributed by atoms with Crippen molar-refractivity contribution >= 4 is 0 Å². The molecular formula is C11H12F3NO. The predicted octanol–water partition coefficient (Wildman–Crippen LogP) is 2.41. The van der Waals surface area contributed by atoms with E-state index in [-0.39, 0.29) is 12.6 Å². The van der Waals surface area contributed by atoms with E-state index in [4.69, 9.17) is 4.74 Å². The van der Waals surface area contributed by atoms with Crippen LogP contribution >= 0.6 is 0 Å². The highest BCUT2D eigenvalue weighted by Gasteiger charge is 2.29. The SMILES string of the molecule is FC(F)(F)CNC1COCc2ccccc21. The zero-order chi connectivity index (χ0) is 11.6. The number of fused-ring (bicyclic) bond motifs is 1. The van der Waals surface area contributed by atoms with Crippen molar-refractivity contribution in [2.24, 2.45) is 0 Å². The first-order valence-corrected chi connectivity index (χ1v) is 5.02. The average Bonchev–Trinajstić information content (AvgIpc) is 2.25. The summed E-state index contributed by atoms with van der Waals surface area (Å²) in [4.78, 5) is 0. The molecule has 0 spiro atoms. The van der Waals surface area contributed by atoms with E-state index in [1.165, 1.54) is 0 Å². The maximum atomic E-state index is 12.1. The van der Waals surface area contributed by atoms with Crippen LogP contribution in [-0.2, 0) is 11.3 Å². The van der Waals surface area contributed by atoms with Crippen molar-refractivity contribution in [3.63, 3.8) is 0 Å². The Morgan fingerprint density at radius 1 is 1.31 bits per heavy atom. The topological polar surface area (TPSA) is 21.3 Å². The molecule has 1 aromatic rings. The zero-order valence-electron chi connectivity index (χ0n) is 8.55. The van der Waals surface area contributed by atoms with E-state index in [1.54, 1.807) is 0 Å². The molecule has 1 N–H and O–H groups in total. The molecule has 0 saturated carbocycles. The van der Waals surface area contributed by atoms with Crippen molar-refractivity contribution in [2.75, 3.05) is 13.2 Å². The van der Waals surface area contributed by atoms with E-state index in [2.05, 4.69) is 5.32 Å². The lowest BCUT2D eigenvalue weighted by Crippen LogP contribution is -2.36. The van der Waals surface area contributed by atoms with Gasteiger partial charge in [-0.3, -0.25) is 5.32 Å².